The zero-order chi connectivity index (χ0) is 12.7. The van der Waals surface area contributed by atoms with E-state index in [1.807, 2.05) is 5.38 Å². The summed E-state index contributed by atoms with van der Waals surface area (Å²) in [5.41, 5.74) is 7.79. The summed E-state index contributed by atoms with van der Waals surface area (Å²) in [4.78, 5) is 26.6. The third-order valence-corrected chi connectivity index (χ3v) is 2.56. The molecule has 1 aromatic heterocycles. The number of thiazole rings is 1. The van der Waals surface area contributed by atoms with Gasteiger partial charge in [-0.25, -0.2) is 4.98 Å². The van der Waals surface area contributed by atoms with Crippen LogP contribution in [-0.4, -0.2) is 34.9 Å². The summed E-state index contributed by atoms with van der Waals surface area (Å²) in [6.07, 6.45) is 0.595. The second kappa shape index (κ2) is 6.92. The lowest BCUT2D eigenvalue weighted by Crippen LogP contribution is -2.43. The minimum atomic E-state index is -0.740. The van der Waals surface area contributed by atoms with E-state index in [1.54, 1.807) is 5.51 Å². The molecule has 0 radical (unpaired) electrons. The predicted molar refractivity (Wildman–Crippen MR) is 68.6 cm³/mol. The molecule has 0 aliphatic rings. The second-order valence-corrected chi connectivity index (χ2v) is 4.38. The first-order chi connectivity index (χ1) is 8.09. The number of hydrogen-bond acceptors (Lipinski definition) is 5. The van der Waals surface area contributed by atoms with Gasteiger partial charge in [-0.15, -0.1) is 11.3 Å². The van der Waals surface area contributed by atoms with Gasteiger partial charge >= 0.3 is 11.8 Å². The fraction of sp³-hybridized carbons (Fsp3) is 0.333. The van der Waals surface area contributed by atoms with Gasteiger partial charge in [0.2, 0.25) is 0 Å². The molecule has 17 heavy (non-hydrogen) atoms. The van der Waals surface area contributed by atoms with E-state index in [0.29, 0.717) is 13.0 Å². The number of carbonyl (C=O) groups excluding carboxylic acids is 2. The molecule has 0 aromatic carbocycles. The van der Waals surface area contributed by atoms with E-state index in [-0.39, 0.29) is 11.5 Å². The summed E-state index contributed by atoms with van der Waals surface area (Å²) < 4.78 is 0. The molecule has 1 aromatic rings. The molecule has 2 amide bonds. The van der Waals surface area contributed by atoms with E-state index in [0.717, 1.165) is 5.69 Å². The van der Waals surface area contributed by atoms with Crippen LogP contribution in [0, 0.1) is 0 Å². The van der Waals surface area contributed by atoms with Crippen molar-refractivity contribution in [3.8, 4) is 0 Å². The number of amides is 2. The van der Waals surface area contributed by atoms with Crippen molar-refractivity contribution in [3.63, 3.8) is 0 Å². The molecule has 0 atom stereocenters. The van der Waals surface area contributed by atoms with Crippen LogP contribution in [0.25, 0.3) is 0 Å². The molecule has 0 fully saturated rings. The van der Waals surface area contributed by atoms with Gasteiger partial charge in [-0.05, 0) is 0 Å². The molecule has 0 unspecified atom stereocenters. The summed E-state index contributed by atoms with van der Waals surface area (Å²) in [7, 11) is 0. The van der Waals surface area contributed by atoms with E-state index in [4.69, 9.17) is 5.73 Å². The SMILES string of the molecule is NC(=S)CNC(=O)C(=O)NCCc1cscn1. The van der Waals surface area contributed by atoms with Crippen molar-refractivity contribution in [2.24, 2.45) is 5.73 Å². The Morgan fingerprint density at radius 3 is 2.71 bits per heavy atom. The molecule has 6 nitrogen and oxygen atoms in total. The van der Waals surface area contributed by atoms with Crippen LogP contribution in [0.2, 0.25) is 0 Å². The van der Waals surface area contributed by atoms with E-state index in [2.05, 4.69) is 27.8 Å². The van der Waals surface area contributed by atoms with Crippen molar-refractivity contribution in [1.29, 1.82) is 0 Å². The molecule has 4 N–H and O–H groups in total. The van der Waals surface area contributed by atoms with E-state index < -0.39 is 11.8 Å². The number of rotatable bonds is 5. The minimum Gasteiger partial charge on any atom is -0.392 e. The van der Waals surface area contributed by atoms with Gasteiger partial charge in [0.25, 0.3) is 0 Å². The highest BCUT2D eigenvalue weighted by atomic mass is 32.1. The van der Waals surface area contributed by atoms with Crippen molar-refractivity contribution in [3.05, 3.63) is 16.6 Å². The van der Waals surface area contributed by atoms with Gasteiger partial charge < -0.3 is 16.4 Å². The molecule has 0 aliphatic heterocycles. The highest BCUT2D eigenvalue weighted by Gasteiger charge is 2.12. The van der Waals surface area contributed by atoms with E-state index in [1.165, 1.54) is 11.3 Å². The number of carbonyl (C=O) groups is 2. The highest BCUT2D eigenvalue weighted by molar-refractivity contribution is 7.80. The number of nitrogens with one attached hydrogen (secondary N) is 2. The van der Waals surface area contributed by atoms with Gasteiger partial charge in [-0.2, -0.15) is 0 Å². The van der Waals surface area contributed by atoms with Gasteiger partial charge in [-0.1, -0.05) is 12.2 Å². The summed E-state index contributed by atoms with van der Waals surface area (Å²) in [6, 6.07) is 0. The molecular formula is C9H12N4O2S2. The Hall–Kier alpha value is -1.54. The molecule has 8 heteroatoms. The third-order valence-electron chi connectivity index (χ3n) is 1.78. The van der Waals surface area contributed by atoms with Crippen LogP contribution in [0.3, 0.4) is 0 Å². The standard InChI is InChI=1S/C9H12N4O2S2/c10-7(16)3-12-9(15)8(14)11-2-1-6-4-17-5-13-6/h4-5H,1-3H2,(H2,10,16)(H,11,14)(H,12,15). The summed E-state index contributed by atoms with van der Waals surface area (Å²) >= 11 is 6.05. The number of thiocarbonyl (C=S) groups is 1. The van der Waals surface area contributed by atoms with Crippen molar-refractivity contribution in [2.75, 3.05) is 13.1 Å². The number of nitrogens with zero attached hydrogens (tertiary/aromatic N) is 1. The molecule has 1 heterocycles. The molecule has 0 aliphatic carbocycles. The highest BCUT2D eigenvalue weighted by Crippen LogP contribution is 2.00. The fourth-order valence-electron chi connectivity index (χ4n) is 0.993. The summed E-state index contributed by atoms with van der Waals surface area (Å²) in [5.74, 6) is -1.44. The van der Waals surface area contributed by atoms with Crippen molar-refractivity contribution < 1.29 is 9.59 Å². The Kier molecular flexibility index (Phi) is 5.50. The van der Waals surface area contributed by atoms with Crippen LogP contribution < -0.4 is 16.4 Å². The summed E-state index contributed by atoms with van der Waals surface area (Å²) in [6.45, 7) is 0.386. The quantitative estimate of drug-likeness (QED) is 0.482. The van der Waals surface area contributed by atoms with Crippen LogP contribution in [0.5, 0.6) is 0 Å². The minimum absolute atomic E-state index is 0.0215. The van der Waals surface area contributed by atoms with Crippen molar-refractivity contribution in [2.45, 2.75) is 6.42 Å². The van der Waals surface area contributed by atoms with Gasteiger partial charge in [-0.3, -0.25) is 9.59 Å². The predicted octanol–water partition coefficient (Wildman–Crippen LogP) is -0.796. The first-order valence-electron chi connectivity index (χ1n) is 4.81. The van der Waals surface area contributed by atoms with Gasteiger partial charge in [0.05, 0.1) is 22.7 Å². The van der Waals surface area contributed by atoms with Gasteiger partial charge in [0.15, 0.2) is 0 Å². The van der Waals surface area contributed by atoms with Crippen LogP contribution in [0.1, 0.15) is 5.69 Å². The maximum Gasteiger partial charge on any atom is 0.309 e. The third kappa shape index (κ3) is 5.36. The smallest absolute Gasteiger partial charge is 0.309 e. The monoisotopic (exact) mass is 272 g/mol. The topological polar surface area (TPSA) is 97.1 Å². The van der Waals surface area contributed by atoms with Crippen LogP contribution in [0.4, 0.5) is 0 Å². The van der Waals surface area contributed by atoms with Crippen LogP contribution >= 0.6 is 23.6 Å². The van der Waals surface area contributed by atoms with Crippen LogP contribution in [0.15, 0.2) is 10.9 Å². The van der Waals surface area contributed by atoms with Gasteiger partial charge in [0.1, 0.15) is 0 Å². The van der Waals surface area contributed by atoms with Gasteiger partial charge in [0, 0.05) is 18.3 Å². The Morgan fingerprint density at radius 2 is 2.12 bits per heavy atom. The molecule has 92 valence electrons. The Labute approximate surface area is 108 Å². The normalized spacial score (nSPS) is 9.65. The Morgan fingerprint density at radius 1 is 1.41 bits per heavy atom. The number of aromatic nitrogens is 1. The largest absolute Gasteiger partial charge is 0.392 e. The number of hydrogen-bond donors (Lipinski definition) is 3. The molecule has 0 spiro atoms. The molecule has 0 bridgehead atoms. The maximum absolute atomic E-state index is 11.3. The van der Waals surface area contributed by atoms with Crippen molar-refractivity contribution in [1.82, 2.24) is 15.6 Å². The molecule has 1 rings (SSSR count). The first kappa shape index (κ1) is 13.5. The fourth-order valence-corrected chi connectivity index (χ4v) is 1.66. The lowest BCUT2D eigenvalue weighted by molar-refractivity contribution is -0.139. The maximum atomic E-state index is 11.3. The average molecular weight is 272 g/mol. The number of nitrogens with two attached hydrogens (primary N) is 1. The van der Waals surface area contributed by atoms with E-state index in [9.17, 15) is 9.59 Å². The average Bonchev–Trinajstić information content (AvgIpc) is 2.78. The lowest BCUT2D eigenvalue weighted by atomic mass is 10.3. The lowest BCUT2D eigenvalue weighted by Gasteiger charge is -2.04. The molecular weight excluding hydrogens is 260 g/mol. The zero-order valence-corrected chi connectivity index (χ0v) is 10.6. The Balaban J connectivity index is 2.20. The van der Waals surface area contributed by atoms with E-state index >= 15 is 0 Å². The first-order valence-corrected chi connectivity index (χ1v) is 6.16. The zero-order valence-electron chi connectivity index (χ0n) is 8.93. The summed E-state index contributed by atoms with van der Waals surface area (Å²) in [5, 5.41) is 6.66. The second-order valence-electron chi connectivity index (χ2n) is 3.13. The molecule has 0 saturated carbocycles. The van der Waals surface area contributed by atoms with Crippen LogP contribution in [-0.2, 0) is 16.0 Å². The Bertz CT molecular complexity index is 405. The van der Waals surface area contributed by atoms with Crippen molar-refractivity contribution >= 4 is 40.4 Å². The molecule has 0 saturated heterocycles.